The van der Waals surface area contributed by atoms with Crippen LogP contribution >= 0.6 is 0 Å². The van der Waals surface area contributed by atoms with Crippen LogP contribution in [0.5, 0.6) is 11.5 Å². The molecule has 0 bridgehead atoms. The number of piperazine rings is 1. The Hall–Kier alpha value is -3.13. The first-order valence-corrected chi connectivity index (χ1v) is 11.3. The third-order valence-electron chi connectivity index (χ3n) is 5.98. The van der Waals surface area contributed by atoms with Crippen LogP contribution in [0.15, 0.2) is 30.3 Å². The van der Waals surface area contributed by atoms with Crippen molar-refractivity contribution in [3.63, 3.8) is 0 Å². The maximum atomic E-state index is 6.09. The van der Waals surface area contributed by atoms with E-state index in [-0.39, 0.29) is 5.95 Å². The highest BCUT2D eigenvalue weighted by Crippen LogP contribution is 2.34. The fourth-order valence-electron chi connectivity index (χ4n) is 4.30. The smallest absolute Gasteiger partial charge is 0.222 e. The molecule has 1 fully saturated rings. The summed E-state index contributed by atoms with van der Waals surface area (Å²) in [7, 11) is 3.26. The molecule has 8 nitrogen and oxygen atoms in total. The van der Waals surface area contributed by atoms with E-state index in [9.17, 15) is 0 Å². The summed E-state index contributed by atoms with van der Waals surface area (Å²) < 4.78 is 10.8. The van der Waals surface area contributed by atoms with Crippen molar-refractivity contribution in [3.8, 4) is 22.8 Å². The van der Waals surface area contributed by atoms with E-state index in [1.807, 2.05) is 30.3 Å². The Bertz CT molecular complexity index is 1070. The largest absolute Gasteiger partial charge is 0.493 e. The molecule has 1 aliphatic heterocycles. The zero-order valence-corrected chi connectivity index (χ0v) is 19.1. The average Bonchev–Trinajstić information content (AvgIpc) is 2.83. The number of benzene rings is 1. The van der Waals surface area contributed by atoms with E-state index in [2.05, 4.69) is 27.1 Å². The molecule has 2 aromatic heterocycles. The van der Waals surface area contributed by atoms with Crippen molar-refractivity contribution in [3.05, 3.63) is 30.3 Å². The van der Waals surface area contributed by atoms with Crippen LogP contribution in [0.3, 0.4) is 0 Å². The van der Waals surface area contributed by atoms with Crippen LogP contribution < -0.4 is 25.4 Å². The van der Waals surface area contributed by atoms with Gasteiger partial charge in [0.15, 0.2) is 17.3 Å². The van der Waals surface area contributed by atoms with Gasteiger partial charge in [0.05, 0.1) is 25.4 Å². The van der Waals surface area contributed by atoms with Gasteiger partial charge in [-0.1, -0.05) is 26.2 Å². The third-order valence-corrected chi connectivity index (χ3v) is 5.98. The maximum absolute atomic E-state index is 6.09. The third kappa shape index (κ3) is 4.55. The Morgan fingerprint density at radius 1 is 1.06 bits per heavy atom. The minimum absolute atomic E-state index is 0.277. The van der Waals surface area contributed by atoms with E-state index in [0.29, 0.717) is 17.5 Å². The number of nitrogens with zero attached hydrogens (tertiary/aromatic N) is 4. The molecule has 4 rings (SSSR count). The Balaban J connectivity index is 1.76. The van der Waals surface area contributed by atoms with Gasteiger partial charge in [-0.15, -0.1) is 0 Å². The first-order chi connectivity index (χ1) is 15.6. The minimum Gasteiger partial charge on any atom is -0.493 e. The monoisotopic (exact) mass is 436 g/mol. The van der Waals surface area contributed by atoms with Gasteiger partial charge in [-0.3, -0.25) is 0 Å². The highest BCUT2D eigenvalue weighted by molar-refractivity contribution is 5.89. The van der Waals surface area contributed by atoms with Crippen molar-refractivity contribution in [2.45, 2.75) is 38.6 Å². The minimum atomic E-state index is 0.277. The summed E-state index contributed by atoms with van der Waals surface area (Å²) in [5, 5.41) is 3.52. The van der Waals surface area contributed by atoms with Crippen LogP contribution in [0.2, 0.25) is 0 Å². The lowest BCUT2D eigenvalue weighted by molar-refractivity contribution is 0.355. The molecule has 3 heterocycles. The predicted octanol–water partition coefficient (Wildman–Crippen LogP) is 3.65. The first kappa shape index (κ1) is 22.1. The molecule has 170 valence electrons. The maximum Gasteiger partial charge on any atom is 0.222 e. The molecule has 0 aliphatic carbocycles. The number of ether oxygens (including phenoxy) is 2. The first-order valence-electron chi connectivity index (χ1n) is 11.3. The topological polar surface area (TPSA) is 98.4 Å². The van der Waals surface area contributed by atoms with Gasteiger partial charge in [-0.2, -0.15) is 4.98 Å². The number of anilines is 2. The number of nitrogen functional groups attached to an aromatic ring is 1. The van der Waals surface area contributed by atoms with E-state index < -0.39 is 0 Å². The molecular weight excluding hydrogens is 404 g/mol. The highest BCUT2D eigenvalue weighted by atomic mass is 16.5. The molecule has 0 amide bonds. The second-order valence-corrected chi connectivity index (χ2v) is 8.09. The van der Waals surface area contributed by atoms with Crippen LogP contribution in [0.1, 0.15) is 32.6 Å². The number of pyridine rings is 1. The Morgan fingerprint density at radius 3 is 2.69 bits per heavy atom. The second-order valence-electron chi connectivity index (χ2n) is 8.09. The van der Waals surface area contributed by atoms with Crippen LogP contribution in [0, 0.1) is 0 Å². The van der Waals surface area contributed by atoms with Gasteiger partial charge in [0.1, 0.15) is 5.52 Å². The van der Waals surface area contributed by atoms with Gasteiger partial charge in [0, 0.05) is 31.2 Å². The van der Waals surface area contributed by atoms with Gasteiger partial charge in [0.2, 0.25) is 5.95 Å². The fourth-order valence-corrected chi connectivity index (χ4v) is 4.30. The summed E-state index contributed by atoms with van der Waals surface area (Å²) in [6, 6.07) is 10.1. The summed E-state index contributed by atoms with van der Waals surface area (Å²) in [6.45, 7) is 4.94. The van der Waals surface area contributed by atoms with Crippen molar-refractivity contribution >= 4 is 22.8 Å². The molecule has 3 N–H and O–H groups in total. The molecule has 8 heteroatoms. The van der Waals surface area contributed by atoms with Crippen LogP contribution in [0.25, 0.3) is 22.3 Å². The number of hydrogen-bond acceptors (Lipinski definition) is 8. The lowest BCUT2D eigenvalue weighted by Crippen LogP contribution is -2.51. The lowest BCUT2D eigenvalue weighted by atomic mass is 10.0. The predicted molar refractivity (Wildman–Crippen MR) is 128 cm³/mol. The molecule has 1 atom stereocenters. The van der Waals surface area contributed by atoms with E-state index in [0.717, 1.165) is 54.2 Å². The number of aromatic nitrogens is 3. The van der Waals surface area contributed by atoms with Crippen molar-refractivity contribution < 1.29 is 9.47 Å². The fraction of sp³-hybridized carbons (Fsp3) is 0.458. The second kappa shape index (κ2) is 9.99. The molecule has 1 aliphatic rings. The highest BCUT2D eigenvalue weighted by Gasteiger charge is 2.26. The van der Waals surface area contributed by atoms with Crippen molar-refractivity contribution in [2.24, 2.45) is 0 Å². The van der Waals surface area contributed by atoms with E-state index in [4.69, 9.17) is 20.2 Å². The zero-order chi connectivity index (χ0) is 22.5. The number of nitrogens with one attached hydrogen (secondary N) is 1. The van der Waals surface area contributed by atoms with Gasteiger partial charge in [0.25, 0.3) is 0 Å². The van der Waals surface area contributed by atoms with Crippen LogP contribution in [-0.2, 0) is 0 Å². The van der Waals surface area contributed by atoms with Gasteiger partial charge < -0.3 is 25.4 Å². The molecule has 1 unspecified atom stereocenters. The van der Waals surface area contributed by atoms with Crippen molar-refractivity contribution in [1.82, 2.24) is 20.3 Å². The normalized spacial score (nSPS) is 16.3. The Labute approximate surface area is 189 Å². The molecule has 0 spiro atoms. The number of fused-ring (bicyclic) bond motifs is 1. The SMILES string of the molecule is CCCCCC1CNCCN1c1nc(N)nc2ccc(-c3ccc(OC)c(OC)c3)nc12. The number of nitrogens with two attached hydrogens (primary N) is 1. The van der Waals surface area contributed by atoms with E-state index >= 15 is 0 Å². The van der Waals surface area contributed by atoms with Gasteiger partial charge in [-0.25, -0.2) is 9.97 Å². The summed E-state index contributed by atoms with van der Waals surface area (Å²) in [4.78, 5) is 16.4. The zero-order valence-electron chi connectivity index (χ0n) is 19.1. The Kier molecular flexibility index (Phi) is 6.90. The molecule has 1 aromatic carbocycles. The summed E-state index contributed by atoms with van der Waals surface area (Å²) >= 11 is 0. The number of hydrogen-bond donors (Lipinski definition) is 2. The molecule has 0 radical (unpaired) electrons. The van der Waals surface area contributed by atoms with Gasteiger partial charge >= 0.3 is 0 Å². The van der Waals surface area contributed by atoms with E-state index in [1.165, 1.54) is 19.3 Å². The average molecular weight is 437 g/mol. The quantitative estimate of drug-likeness (QED) is 0.517. The van der Waals surface area contributed by atoms with E-state index in [1.54, 1.807) is 14.2 Å². The van der Waals surface area contributed by atoms with Crippen LogP contribution in [-0.4, -0.2) is 54.8 Å². The van der Waals surface area contributed by atoms with Crippen molar-refractivity contribution in [1.29, 1.82) is 0 Å². The number of methoxy groups -OCH3 is 2. The van der Waals surface area contributed by atoms with Crippen LogP contribution in [0.4, 0.5) is 11.8 Å². The Morgan fingerprint density at radius 2 is 1.91 bits per heavy atom. The molecule has 0 saturated carbocycles. The summed E-state index contributed by atoms with van der Waals surface area (Å²) in [6.07, 6.45) is 4.75. The molecule has 3 aromatic rings. The number of rotatable bonds is 8. The summed E-state index contributed by atoms with van der Waals surface area (Å²) in [5.74, 6) is 2.44. The summed E-state index contributed by atoms with van der Waals surface area (Å²) in [5.41, 5.74) is 9.38. The van der Waals surface area contributed by atoms with Gasteiger partial charge in [-0.05, 0) is 36.8 Å². The molecule has 32 heavy (non-hydrogen) atoms. The lowest BCUT2D eigenvalue weighted by Gasteiger charge is -2.37. The van der Waals surface area contributed by atoms with Crippen molar-refractivity contribution in [2.75, 3.05) is 44.5 Å². The molecular formula is C24H32N6O2. The standard InChI is InChI=1S/C24H32N6O2/c1-4-5-6-7-17-15-26-12-13-30(17)23-22-19(28-24(25)29-23)10-9-18(27-22)16-8-11-20(31-2)21(14-16)32-3/h8-11,14,17,26H,4-7,12-13,15H2,1-3H3,(H2,25,28,29). The number of unbranched alkanes of at least 4 members (excludes halogenated alkanes) is 2. The molecule has 1 saturated heterocycles.